The predicted molar refractivity (Wildman–Crippen MR) is 151 cm³/mol. The standard InChI is InChI=1S/C31H46N2O5/c1-2-3-6-9-24(35)13-14-26-25(29(36)19-30(26)37)10-7-4-5-8-11-31(38)32-17-16-23-20-33-28-15-12-22(21-34)18-27(23)28/h4,7,12-15,18,20,24-26,29-30,33-37H,2-3,5-6,8-11,16-17,19,21H2,1H3,(H,32,38)/b7-4+,14-13+/t24?,25-,26-,29+,30-/m1/s1. The molecule has 5 atom stereocenters. The highest BCUT2D eigenvalue weighted by molar-refractivity contribution is 5.84. The van der Waals surface area contributed by atoms with Crippen LogP contribution in [0.2, 0.25) is 0 Å². The summed E-state index contributed by atoms with van der Waals surface area (Å²) in [7, 11) is 0. The van der Waals surface area contributed by atoms with Gasteiger partial charge >= 0.3 is 0 Å². The number of aliphatic hydroxyl groups is 4. The first-order valence-electron chi connectivity index (χ1n) is 14.3. The van der Waals surface area contributed by atoms with Crippen LogP contribution in [0.3, 0.4) is 0 Å². The number of allylic oxidation sites excluding steroid dienone is 2. The van der Waals surface area contributed by atoms with Crippen LogP contribution in [0.25, 0.3) is 10.9 Å². The molecular weight excluding hydrogens is 480 g/mol. The van der Waals surface area contributed by atoms with Gasteiger partial charge in [-0.25, -0.2) is 0 Å². The number of amides is 1. The summed E-state index contributed by atoms with van der Waals surface area (Å²) in [6, 6.07) is 5.84. The van der Waals surface area contributed by atoms with Crippen molar-refractivity contribution in [3.63, 3.8) is 0 Å². The van der Waals surface area contributed by atoms with Gasteiger partial charge in [0.25, 0.3) is 0 Å². The van der Waals surface area contributed by atoms with E-state index in [9.17, 15) is 25.2 Å². The van der Waals surface area contributed by atoms with Crippen LogP contribution in [0, 0.1) is 11.8 Å². The molecule has 7 nitrogen and oxygen atoms in total. The summed E-state index contributed by atoms with van der Waals surface area (Å²) in [4.78, 5) is 15.5. The number of nitrogens with one attached hydrogen (secondary N) is 2. The van der Waals surface area contributed by atoms with Crippen LogP contribution in [-0.2, 0) is 17.8 Å². The first-order valence-corrected chi connectivity index (χ1v) is 14.3. The van der Waals surface area contributed by atoms with Crippen LogP contribution in [0.15, 0.2) is 48.7 Å². The number of rotatable bonds is 16. The van der Waals surface area contributed by atoms with Crippen LogP contribution in [0.5, 0.6) is 0 Å². The number of unbranched alkanes of at least 4 members (excludes halogenated alkanes) is 3. The SMILES string of the molecule is CCCCCC(O)/C=C/[C@@H]1[C@@H](C/C=C/CCCC(=O)NCCc2c[nH]c3ccc(CO)cc23)[C@@H](O)C[C@H]1O. The number of carbonyl (C=O) groups is 1. The van der Waals surface area contributed by atoms with E-state index < -0.39 is 18.3 Å². The Morgan fingerprint density at radius 1 is 1.18 bits per heavy atom. The average molecular weight is 527 g/mol. The lowest BCUT2D eigenvalue weighted by atomic mass is 9.89. The first-order chi connectivity index (χ1) is 18.4. The van der Waals surface area contributed by atoms with E-state index in [0.717, 1.165) is 67.0 Å². The summed E-state index contributed by atoms with van der Waals surface area (Å²) in [6.07, 6.45) is 15.7. The van der Waals surface area contributed by atoms with Gasteiger partial charge in [0.1, 0.15) is 0 Å². The number of aromatic amines is 1. The largest absolute Gasteiger partial charge is 0.393 e. The fourth-order valence-corrected chi connectivity index (χ4v) is 5.37. The van der Waals surface area contributed by atoms with Crippen LogP contribution in [0.1, 0.15) is 75.8 Å². The van der Waals surface area contributed by atoms with Crippen molar-refractivity contribution in [3.05, 3.63) is 59.8 Å². The molecule has 3 rings (SSSR count). The molecule has 1 aromatic carbocycles. The zero-order valence-electron chi connectivity index (χ0n) is 22.7. The molecule has 1 saturated carbocycles. The number of hydrogen-bond acceptors (Lipinski definition) is 5. The molecule has 1 fully saturated rings. The summed E-state index contributed by atoms with van der Waals surface area (Å²) in [5.41, 5.74) is 3.02. The van der Waals surface area contributed by atoms with Gasteiger partial charge in [-0.15, -0.1) is 0 Å². The molecule has 6 N–H and O–H groups in total. The van der Waals surface area contributed by atoms with Gasteiger partial charge in [0.15, 0.2) is 0 Å². The Morgan fingerprint density at radius 3 is 2.82 bits per heavy atom. The van der Waals surface area contributed by atoms with Crippen molar-refractivity contribution in [2.24, 2.45) is 11.8 Å². The highest BCUT2D eigenvalue weighted by Crippen LogP contribution is 2.36. The summed E-state index contributed by atoms with van der Waals surface area (Å²) >= 11 is 0. The molecule has 1 aliphatic rings. The highest BCUT2D eigenvalue weighted by atomic mass is 16.3. The third-order valence-corrected chi connectivity index (χ3v) is 7.66. The topological polar surface area (TPSA) is 126 Å². The lowest BCUT2D eigenvalue weighted by Gasteiger charge is -2.19. The second-order valence-electron chi connectivity index (χ2n) is 10.6. The predicted octanol–water partition coefficient (Wildman–Crippen LogP) is 4.29. The minimum absolute atomic E-state index is 0.00981. The second kappa shape index (κ2) is 15.8. The molecule has 38 heavy (non-hydrogen) atoms. The summed E-state index contributed by atoms with van der Waals surface area (Å²) in [5.74, 6) is -0.193. The fourth-order valence-electron chi connectivity index (χ4n) is 5.37. The Morgan fingerprint density at radius 2 is 2.03 bits per heavy atom. The zero-order valence-corrected chi connectivity index (χ0v) is 22.7. The highest BCUT2D eigenvalue weighted by Gasteiger charge is 2.39. The molecule has 1 aromatic heterocycles. The van der Waals surface area contributed by atoms with Crippen LogP contribution in [-0.4, -0.2) is 56.2 Å². The van der Waals surface area contributed by atoms with Gasteiger partial charge < -0.3 is 30.7 Å². The van der Waals surface area contributed by atoms with E-state index in [1.807, 2.05) is 36.5 Å². The van der Waals surface area contributed by atoms with Crippen molar-refractivity contribution in [1.82, 2.24) is 10.3 Å². The Hall–Kier alpha value is -2.45. The molecule has 7 heteroatoms. The minimum Gasteiger partial charge on any atom is -0.393 e. The summed E-state index contributed by atoms with van der Waals surface area (Å²) in [5, 5.41) is 44.4. The molecule has 0 bridgehead atoms. The van der Waals surface area contributed by atoms with Gasteiger partial charge in [-0.2, -0.15) is 0 Å². The first kappa shape index (κ1) is 30.1. The molecule has 1 unspecified atom stereocenters. The van der Waals surface area contributed by atoms with E-state index in [-0.39, 0.29) is 24.3 Å². The zero-order chi connectivity index (χ0) is 27.3. The van der Waals surface area contributed by atoms with Crippen LogP contribution >= 0.6 is 0 Å². The maximum Gasteiger partial charge on any atom is 0.220 e. The quantitative estimate of drug-likeness (QED) is 0.144. The Kier molecular flexibility index (Phi) is 12.5. The Bertz CT molecular complexity index is 1050. The third kappa shape index (κ3) is 9.09. The monoisotopic (exact) mass is 526 g/mol. The number of fused-ring (bicyclic) bond motifs is 1. The van der Waals surface area contributed by atoms with Gasteiger partial charge in [0, 0.05) is 42.4 Å². The van der Waals surface area contributed by atoms with Crippen molar-refractivity contribution >= 4 is 16.8 Å². The summed E-state index contributed by atoms with van der Waals surface area (Å²) < 4.78 is 0. The minimum atomic E-state index is -0.591. The van der Waals surface area contributed by atoms with Crippen LogP contribution in [0.4, 0.5) is 0 Å². The molecule has 0 saturated heterocycles. The number of H-pyrrole nitrogens is 1. The van der Waals surface area contributed by atoms with E-state index in [1.165, 1.54) is 0 Å². The molecule has 2 aromatic rings. The second-order valence-corrected chi connectivity index (χ2v) is 10.6. The van der Waals surface area contributed by atoms with E-state index in [0.29, 0.717) is 25.8 Å². The maximum absolute atomic E-state index is 12.2. The lowest BCUT2D eigenvalue weighted by Crippen LogP contribution is -2.25. The Labute approximate surface area is 226 Å². The molecule has 0 spiro atoms. The molecule has 1 aliphatic carbocycles. The van der Waals surface area contributed by atoms with E-state index >= 15 is 0 Å². The van der Waals surface area contributed by atoms with Crippen molar-refractivity contribution in [2.45, 2.75) is 96.1 Å². The smallest absolute Gasteiger partial charge is 0.220 e. The molecule has 1 heterocycles. The lowest BCUT2D eigenvalue weighted by molar-refractivity contribution is -0.121. The normalized spacial score (nSPS) is 22.7. The van der Waals surface area contributed by atoms with Crippen molar-refractivity contribution in [3.8, 4) is 0 Å². The maximum atomic E-state index is 12.2. The number of aliphatic hydroxyl groups excluding tert-OH is 4. The van der Waals surface area contributed by atoms with Gasteiger partial charge in [-0.1, -0.05) is 56.6 Å². The number of benzene rings is 1. The number of hydrogen-bond donors (Lipinski definition) is 6. The van der Waals surface area contributed by atoms with Gasteiger partial charge in [-0.3, -0.25) is 4.79 Å². The van der Waals surface area contributed by atoms with Gasteiger partial charge in [0.2, 0.25) is 5.91 Å². The summed E-state index contributed by atoms with van der Waals surface area (Å²) in [6.45, 7) is 2.71. The molecular formula is C31H46N2O5. The van der Waals surface area contributed by atoms with Crippen LogP contribution < -0.4 is 5.32 Å². The van der Waals surface area contributed by atoms with Crippen molar-refractivity contribution in [1.29, 1.82) is 0 Å². The fraction of sp³-hybridized carbons (Fsp3) is 0.581. The number of carbonyl (C=O) groups excluding carboxylic acids is 1. The third-order valence-electron chi connectivity index (χ3n) is 7.66. The molecule has 0 aliphatic heterocycles. The van der Waals surface area contributed by atoms with Crippen molar-refractivity contribution < 1.29 is 25.2 Å². The van der Waals surface area contributed by atoms with Gasteiger partial charge in [-0.05, 0) is 61.3 Å². The molecule has 210 valence electrons. The molecule has 1 amide bonds. The van der Waals surface area contributed by atoms with Crippen molar-refractivity contribution in [2.75, 3.05) is 6.54 Å². The van der Waals surface area contributed by atoms with E-state index in [4.69, 9.17) is 0 Å². The van der Waals surface area contributed by atoms with E-state index in [2.05, 4.69) is 23.3 Å². The van der Waals surface area contributed by atoms with Gasteiger partial charge in [0.05, 0.1) is 24.9 Å². The average Bonchev–Trinajstić information content (AvgIpc) is 3.43. The Balaban J connectivity index is 1.34. The molecule has 0 radical (unpaired) electrons. The van der Waals surface area contributed by atoms with E-state index in [1.54, 1.807) is 6.08 Å². The number of aromatic nitrogens is 1.